The van der Waals surface area contributed by atoms with Gasteiger partial charge < -0.3 is 5.73 Å². The van der Waals surface area contributed by atoms with Crippen molar-refractivity contribution in [3.8, 4) is 0 Å². The third kappa shape index (κ3) is 1.43. The van der Waals surface area contributed by atoms with Gasteiger partial charge in [-0.05, 0) is 31.7 Å². The number of anilines is 1. The maximum Gasteiger partial charge on any atom is 0.122 e. The van der Waals surface area contributed by atoms with E-state index in [1.807, 2.05) is 10.7 Å². The second-order valence-corrected chi connectivity index (χ2v) is 4.48. The zero-order chi connectivity index (χ0) is 10.2. The smallest absolute Gasteiger partial charge is 0.122 e. The van der Waals surface area contributed by atoms with Crippen molar-refractivity contribution in [1.29, 1.82) is 0 Å². The quantitative estimate of drug-likeness (QED) is 0.691. The van der Waals surface area contributed by atoms with Crippen molar-refractivity contribution in [2.75, 3.05) is 5.73 Å². The van der Waals surface area contributed by atoms with E-state index >= 15 is 0 Å². The highest BCUT2D eigenvalue weighted by Gasteiger charge is 2.31. The van der Waals surface area contributed by atoms with Crippen molar-refractivity contribution in [2.45, 2.75) is 32.2 Å². The van der Waals surface area contributed by atoms with Gasteiger partial charge in [0.05, 0.1) is 11.7 Å². The Morgan fingerprint density at radius 3 is 3.00 bits per heavy atom. The molecule has 14 heavy (non-hydrogen) atoms. The molecule has 0 spiro atoms. The van der Waals surface area contributed by atoms with Gasteiger partial charge in [-0.3, -0.25) is 0 Å². The van der Waals surface area contributed by atoms with Crippen molar-refractivity contribution in [2.24, 2.45) is 5.92 Å². The molecule has 1 heterocycles. The van der Waals surface area contributed by atoms with Crippen LogP contribution in [0.25, 0.3) is 0 Å². The third-order valence-corrected chi connectivity index (χ3v) is 2.97. The van der Waals surface area contributed by atoms with Gasteiger partial charge in [-0.1, -0.05) is 19.1 Å². The first kappa shape index (κ1) is 9.31. The Morgan fingerprint density at radius 2 is 2.43 bits per heavy atom. The molecule has 0 saturated carbocycles. The Hall–Kier alpha value is -1.25. The SMILES string of the molecule is CC1C=CCC(C)(n2nccc2N)C1. The average molecular weight is 191 g/mol. The minimum Gasteiger partial charge on any atom is -0.384 e. The Kier molecular flexibility index (Phi) is 2.10. The molecular formula is C11H17N3. The Bertz CT molecular complexity index is 353. The van der Waals surface area contributed by atoms with Gasteiger partial charge in [-0.2, -0.15) is 5.10 Å². The maximum absolute atomic E-state index is 5.88. The predicted octanol–water partition coefficient (Wildman–Crippen LogP) is 2.17. The molecule has 0 fully saturated rings. The lowest BCUT2D eigenvalue weighted by atomic mass is 9.82. The number of nitrogens with two attached hydrogens (primary N) is 1. The van der Waals surface area contributed by atoms with Crippen LogP contribution in [-0.2, 0) is 5.54 Å². The van der Waals surface area contributed by atoms with E-state index in [4.69, 9.17) is 5.73 Å². The van der Waals surface area contributed by atoms with Crippen molar-refractivity contribution in [3.63, 3.8) is 0 Å². The second-order valence-electron chi connectivity index (χ2n) is 4.48. The van der Waals surface area contributed by atoms with E-state index in [9.17, 15) is 0 Å². The fourth-order valence-electron chi connectivity index (χ4n) is 2.34. The molecule has 1 aromatic heterocycles. The minimum absolute atomic E-state index is 0.0573. The van der Waals surface area contributed by atoms with Crippen molar-refractivity contribution in [3.05, 3.63) is 24.4 Å². The summed E-state index contributed by atoms with van der Waals surface area (Å²) >= 11 is 0. The maximum atomic E-state index is 5.88. The van der Waals surface area contributed by atoms with Crippen LogP contribution >= 0.6 is 0 Å². The molecule has 1 aliphatic carbocycles. The lowest BCUT2D eigenvalue weighted by Gasteiger charge is -2.34. The van der Waals surface area contributed by atoms with Crippen molar-refractivity contribution in [1.82, 2.24) is 9.78 Å². The number of nitrogens with zero attached hydrogens (tertiary/aromatic N) is 2. The standard InChI is InChI=1S/C11H17N3/c1-9-4-3-6-11(2,8-9)14-10(12)5-7-13-14/h3-5,7,9H,6,8,12H2,1-2H3. The molecule has 0 saturated heterocycles. The van der Waals surface area contributed by atoms with E-state index in [1.165, 1.54) is 0 Å². The molecule has 2 unspecified atom stereocenters. The van der Waals surface area contributed by atoms with Gasteiger partial charge in [0, 0.05) is 0 Å². The molecule has 0 aliphatic heterocycles. The molecule has 0 bridgehead atoms. The van der Waals surface area contributed by atoms with Crippen LogP contribution in [0.15, 0.2) is 24.4 Å². The van der Waals surface area contributed by atoms with Gasteiger partial charge >= 0.3 is 0 Å². The number of hydrogen-bond donors (Lipinski definition) is 1. The van der Waals surface area contributed by atoms with E-state index in [1.54, 1.807) is 6.20 Å². The van der Waals surface area contributed by atoms with Crippen LogP contribution in [-0.4, -0.2) is 9.78 Å². The van der Waals surface area contributed by atoms with Crippen LogP contribution in [0.2, 0.25) is 0 Å². The molecule has 2 N–H and O–H groups in total. The molecule has 1 aliphatic rings. The molecule has 1 aromatic rings. The summed E-state index contributed by atoms with van der Waals surface area (Å²) in [6.07, 6.45) is 8.39. The Labute approximate surface area is 84.6 Å². The summed E-state index contributed by atoms with van der Waals surface area (Å²) in [4.78, 5) is 0. The summed E-state index contributed by atoms with van der Waals surface area (Å²) in [5, 5.41) is 4.30. The third-order valence-electron chi connectivity index (χ3n) is 2.97. The molecule has 2 atom stereocenters. The number of nitrogen functional groups attached to an aromatic ring is 1. The zero-order valence-corrected chi connectivity index (χ0v) is 8.77. The zero-order valence-electron chi connectivity index (χ0n) is 8.77. The van der Waals surface area contributed by atoms with Crippen LogP contribution in [0.3, 0.4) is 0 Å². The normalized spacial score (nSPS) is 32.0. The van der Waals surface area contributed by atoms with E-state index in [-0.39, 0.29) is 5.54 Å². The highest BCUT2D eigenvalue weighted by Crippen LogP contribution is 2.34. The van der Waals surface area contributed by atoms with E-state index < -0.39 is 0 Å². The molecule has 0 amide bonds. The van der Waals surface area contributed by atoms with Crippen LogP contribution in [0.1, 0.15) is 26.7 Å². The van der Waals surface area contributed by atoms with E-state index in [2.05, 4.69) is 31.1 Å². The molecule has 0 radical (unpaired) electrons. The van der Waals surface area contributed by atoms with Crippen molar-refractivity contribution < 1.29 is 0 Å². The molecule has 3 nitrogen and oxygen atoms in total. The molecule has 2 rings (SSSR count). The average Bonchev–Trinajstić information content (AvgIpc) is 2.51. The van der Waals surface area contributed by atoms with Gasteiger partial charge in [-0.15, -0.1) is 0 Å². The van der Waals surface area contributed by atoms with Crippen LogP contribution in [0.5, 0.6) is 0 Å². The first-order valence-electron chi connectivity index (χ1n) is 5.08. The summed E-state index contributed by atoms with van der Waals surface area (Å²) in [5.74, 6) is 1.37. The van der Waals surface area contributed by atoms with Gasteiger partial charge in [-0.25, -0.2) is 4.68 Å². The van der Waals surface area contributed by atoms with Gasteiger partial charge in [0.15, 0.2) is 0 Å². The summed E-state index contributed by atoms with van der Waals surface area (Å²) < 4.78 is 1.95. The number of rotatable bonds is 1. The Balaban J connectivity index is 2.33. The fraction of sp³-hybridized carbons (Fsp3) is 0.545. The van der Waals surface area contributed by atoms with Crippen molar-refractivity contribution >= 4 is 5.82 Å². The minimum atomic E-state index is 0.0573. The van der Waals surface area contributed by atoms with Crippen LogP contribution < -0.4 is 5.73 Å². The van der Waals surface area contributed by atoms with Crippen LogP contribution in [0, 0.1) is 5.92 Å². The first-order valence-corrected chi connectivity index (χ1v) is 5.08. The van der Waals surface area contributed by atoms with Crippen LogP contribution in [0.4, 0.5) is 5.82 Å². The van der Waals surface area contributed by atoms with Gasteiger partial charge in [0.25, 0.3) is 0 Å². The lowest BCUT2D eigenvalue weighted by molar-refractivity contribution is 0.236. The number of hydrogen-bond acceptors (Lipinski definition) is 2. The van der Waals surface area contributed by atoms with Gasteiger partial charge in [0.1, 0.15) is 5.82 Å². The predicted molar refractivity (Wildman–Crippen MR) is 57.8 cm³/mol. The summed E-state index contributed by atoms with van der Waals surface area (Å²) in [7, 11) is 0. The molecule has 3 heteroatoms. The summed E-state index contributed by atoms with van der Waals surface area (Å²) in [6, 6.07) is 1.86. The fourth-order valence-corrected chi connectivity index (χ4v) is 2.34. The highest BCUT2D eigenvalue weighted by atomic mass is 15.3. The number of aromatic nitrogens is 2. The summed E-state index contributed by atoms with van der Waals surface area (Å²) in [6.45, 7) is 4.45. The summed E-state index contributed by atoms with van der Waals surface area (Å²) in [5.41, 5.74) is 5.94. The molecule has 76 valence electrons. The number of allylic oxidation sites excluding steroid dienone is 2. The first-order chi connectivity index (χ1) is 6.62. The van der Waals surface area contributed by atoms with E-state index in [0.717, 1.165) is 18.7 Å². The molecular weight excluding hydrogens is 174 g/mol. The Morgan fingerprint density at radius 1 is 1.64 bits per heavy atom. The highest BCUT2D eigenvalue weighted by molar-refractivity contribution is 5.28. The van der Waals surface area contributed by atoms with E-state index in [0.29, 0.717) is 5.92 Å². The lowest BCUT2D eigenvalue weighted by Crippen LogP contribution is -2.35. The largest absolute Gasteiger partial charge is 0.384 e. The monoisotopic (exact) mass is 191 g/mol. The second kappa shape index (κ2) is 3.15. The topological polar surface area (TPSA) is 43.8 Å². The van der Waals surface area contributed by atoms with Gasteiger partial charge in [0.2, 0.25) is 0 Å². The molecule has 0 aromatic carbocycles.